The number of aromatic hydroxyl groups is 2. The van der Waals surface area contributed by atoms with E-state index < -0.39 is 0 Å². The van der Waals surface area contributed by atoms with Gasteiger partial charge in [-0.1, -0.05) is 0 Å². The fourth-order valence-electron chi connectivity index (χ4n) is 2.77. The van der Waals surface area contributed by atoms with Gasteiger partial charge in [-0.15, -0.1) is 0 Å². The zero-order valence-electron chi connectivity index (χ0n) is 18.6. The second-order valence-electron chi connectivity index (χ2n) is 7.23. The van der Waals surface area contributed by atoms with Crippen molar-refractivity contribution >= 4 is 81.0 Å². The Balaban J connectivity index is 1.54. The predicted octanol–water partition coefficient (Wildman–Crippen LogP) is 2.32. The average molecular weight is 606 g/mol. The molecular weight excluding hydrogens is 586 g/mol. The minimum absolute atomic E-state index is 0.00527. The quantitative estimate of drug-likeness (QED) is 0.141. The van der Waals surface area contributed by atoms with Gasteiger partial charge in [-0.3, -0.25) is 0 Å². The Morgan fingerprint density at radius 3 is 1.31 bits per heavy atom. The Labute approximate surface area is 216 Å². The van der Waals surface area contributed by atoms with Crippen molar-refractivity contribution < 1.29 is 10.2 Å². The summed E-state index contributed by atoms with van der Waals surface area (Å²) in [6.07, 6.45) is 0. The number of nitrogen functional groups attached to an aromatic ring is 4. The topological polar surface area (TPSA) is 220 Å². The SMILES string of the molecule is Nc1ccc(N=Nc2cc([As]=[As]c3ccc(O)c(N=Nc4ccc(N)nc4N)c3)ccc2O)c(N)n1. The number of hydrogen-bond acceptors (Lipinski definition) is 12. The first-order chi connectivity index (χ1) is 17.3. The second kappa shape index (κ2) is 11.1. The fourth-order valence-corrected chi connectivity index (χ4v) is 9.84. The van der Waals surface area contributed by atoms with E-state index in [0.717, 1.165) is 8.70 Å². The van der Waals surface area contributed by atoms with Gasteiger partial charge in [0.25, 0.3) is 0 Å². The normalized spacial score (nSPS) is 11.7. The van der Waals surface area contributed by atoms with Gasteiger partial charge in [-0.05, 0) is 0 Å². The third kappa shape index (κ3) is 6.29. The predicted molar refractivity (Wildman–Crippen MR) is 141 cm³/mol. The Morgan fingerprint density at radius 2 is 0.917 bits per heavy atom. The molecule has 0 bridgehead atoms. The number of phenols is 2. The molecule has 36 heavy (non-hydrogen) atoms. The third-order valence-corrected chi connectivity index (χ3v) is 13.0. The summed E-state index contributed by atoms with van der Waals surface area (Å²) >= 11 is -0.494. The summed E-state index contributed by atoms with van der Waals surface area (Å²) in [5.41, 5.74) is 24.2. The van der Waals surface area contributed by atoms with E-state index >= 15 is 0 Å². The molecule has 0 fully saturated rings. The van der Waals surface area contributed by atoms with Crippen molar-refractivity contribution in [2.45, 2.75) is 0 Å². The summed E-state index contributed by atoms with van der Waals surface area (Å²) in [5, 5.41) is 36.8. The molecule has 10 N–H and O–H groups in total. The molecule has 2 aromatic carbocycles. The molecule has 4 rings (SSSR count). The van der Waals surface area contributed by atoms with Crippen LogP contribution in [0.1, 0.15) is 0 Å². The molecule has 2 heterocycles. The molecule has 14 heteroatoms. The molecule has 0 saturated carbocycles. The van der Waals surface area contributed by atoms with E-state index in [2.05, 4.69) is 30.4 Å². The summed E-state index contributed by atoms with van der Waals surface area (Å²) in [7, 11) is 0. The van der Waals surface area contributed by atoms with Gasteiger partial charge in [-0.25, -0.2) is 0 Å². The van der Waals surface area contributed by atoms with Crippen LogP contribution >= 0.6 is 0 Å². The van der Waals surface area contributed by atoms with Crippen molar-refractivity contribution in [1.29, 1.82) is 0 Å². The number of benzene rings is 2. The van der Waals surface area contributed by atoms with Gasteiger partial charge in [0, 0.05) is 0 Å². The molecule has 0 spiro atoms. The first kappa shape index (κ1) is 25.0. The Morgan fingerprint density at radius 1 is 0.528 bits per heavy atom. The standard InChI is InChI=1S/C22H20As2N10O2/c25-19-7-3-13(21(27)29-19)31-33-15-9-11(1-5-17(15)35)23-24-12-2-6-18(36)16(10-12)34-32-14-4-8-20(26)30-22(14)28/h1-10,35-36H,(H4,25,27,29)(H4,26,28,30). The first-order valence-electron chi connectivity index (χ1n) is 10.2. The molecule has 12 nitrogen and oxygen atoms in total. The van der Waals surface area contributed by atoms with Gasteiger partial charge in [0.2, 0.25) is 0 Å². The van der Waals surface area contributed by atoms with Crippen LogP contribution in [-0.4, -0.2) is 46.5 Å². The zero-order chi connectivity index (χ0) is 25.7. The van der Waals surface area contributed by atoms with Crippen LogP contribution in [0.25, 0.3) is 0 Å². The van der Waals surface area contributed by atoms with Crippen molar-refractivity contribution in [3.63, 3.8) is 0 Å². The van der Waals surface area contributed by atoms with Gasteiger partial charge < -0.3 is 0 Å². The van der Waals surface area contributed by atoms with Crippen LogP contribution < -0.4 is 31.6 Å². The van der Waals surface area contributed by atoms with Crippen LogP contribution in [0, 0.1) is 0 Å². The molecule has 0 aliphatic carbocycles. The van der Waals surface area contributed by atoms with Crippen LogP contribution in [-0.2, 0) is 0 Å². The van der Waals surface area contributed by atoms with Gasteiger partial charge in [-0.2, -0.15) is 0 Å². The average Bonchev–Trinajstić information content (AvgIpc) is 2.84. The Kier molecular flexibility index (Phi) is 7.67. The second-order valence-corrected chi connectivity index (χ2v) is 14.6. The number of nitrogens with two attached hydrogens (primary N) is 4. The molecule has 0 aliphatic heterocycles. The van der Waals surface area contributed by atoms with Crippen molar-refractivity contribution in [1.82, 2.24) is 9.97 Å². The number of aromatic nitrogens is 2. The molecule has 0 aliphatic rings. The van der Waals surface area contributed by atoms with Gasteiger partial charge in [0.1, 0.15) is 0 Å². The summed E-state index contributed by atoms with van der Waals surface area (Å²) in [6, 6.07) is 16.9. The van der Waals surface area contributed by atoms with E-state index in [-0.39, 0.29) is 61.0 Å². The summed E-state index contributed by atoms with van der Waals surface area (Å²) < 4.78 is 2.11. The number of hydrogen-bond donors (Lipinski definition) is 6. The summed E-state index contributed by atoms with van der Waals surface area (Å²) in [4.78, 5) is 7.88. The molecule has 4 aromatic rings. The molecule has 180 valence electrons. The number of anilines is 4. The summed E-state index contributed by atoms with van der Waals surface area (Å²) in [5.74, 6) is 0.891. The molecular formula is C22H20As2N10O2. The molecule has 0 atom stereocenters. The fraction of sp³-hybridized carbons (Fsp3) is 0. The monoisotopic (exact) mass is 606 g/mol. The number of phenolic OH excluding ortho intramolecular Hbond substituents is 2. The Hall–Kier alpha value is -4.14. The zero-order valence-corrected chi connectivity index (χ0v) is 22.3. The van der Waals surface area contributed by atoms with Crippen molar-refractivity contribution in [3.8, 4) is 11.5 Å². The number of pyridine rings is 2. The van der Waals surface area contributed by atoms with Crippen LogP contribution in [0.3, 0.4) is 0 Å². The van der Waals surface area contributed by atoms with Gasteiger partial charge in [0.05, 0.1) is 0 Å². The van der Waals surface area contributed by atoms with E-state index in [1.54, 1.807) is 48.5 Å². The maximum absolute atomic E-state index is 10.2. The van der Waals surface area contributed by atoms with Crippen LogP contribution in [0.5, 0.6) is 11.5 Å². The minimum atomic E-state index is -0.247. The van der Waals surface area contributed by atoms with Crippen LogP contribution in [0.15, 0.2) is 81.1 Å². The third-order valence-electron chi connectivity index (χ3n) is 4.58. The van der Waals surface area contributed by atoms with Crippen molar-refractivity contribution in [2.24, 2.45) is 20.5 Å². The van der Waals surface area contributed by atoms with E-state index in [9.17, 15) is 10.2 Å². The van der Waals surface area contributed by atoms with Gasteiger partial charge >= 0.3 is 217 Å². The number of nitrogens with zero attached hydrogens (tertiary/aromatic N) is 6. The summed E-state index contributed by atoms with van der Waals surface area (Å²) in [6.45, 7) is 0. The van der Waals surface area contributed by atoms with E-state index in [1.165, 1.54) is 0 Å². The van der Waals surface area contributed by atoms with Crippen molar-refractivity contribution in [3.05, 3.63) is 60.7 Å². The maximum atomic E-state index is 10.2. The molecule has 0 saturated heterocycles. The van der Waals surface area contributed by atoms with E-state index in [0.29, 0.717) is 22.7 Å². The first-order valence-corrected chi connectivity index (χ1v) is 17.3. The Bertz CT molecular complexity index is 1410. The van der Waals surface area contributed by atoms with Crippen LogP contribution in [0.4, 0.5) is 46.0 Å². The molecule has 2 aromatic heterocycles. The molecule has 0 radical (unpaired) electrons. The number of rotatable bonds is 6. The molecule has 0 amide bonds. The van der Waals surface area contributed by atoms with E-state index in [1.807, 2.05) is 12.1 Å². The van der Waals surface area contributed by atoms with Gasteiger partial charge in [0.15, 0.2) is 0 Å². The van der Waals surface area contributed by atoms with Crippen molar-refractivity contribution in [2.75, 3.05) is 22.9 Å². The van der Waals surface area contributed by atoms with E-state index in [4.69, 9.17) is 22.9 Å². The van der Waals surface area contributed by atoms with Crippen LogP contribution in [0.2, 0.25) is 0 Å². The number of azo groups is 2. The molecule has 0 unspecified atom stereocenters.